The smallest absolute Gasteiger partial charge is 0.290 e. The zero-order valence-corrected chi connectivity index (χ0v) is 16.8. The first-order valence-corrected chi connectivity index (χ1v) is 11.1. The second kappa shape index (κ2) is 7.06. The Bertz CT molecular complexity index is 942. The van der Waals surface area contributed by atoms with E-state index in [-0.39, 0.29) is 23.5 Å². The van der Waals surface area contributed by atoms with E-state index in [1.54, 1.807) is 4.90 Å². The van der Waals surface area contributed by atoms with Gasteiger partial charge in [0.25, 0.3) is 5.91 Å². The number of benzene rings is 1. The molecular formula is C20H27NO4S. The molecule has 1 atom stereocenters. The molecule has 2 aromatic rings. The minimum atomic E-state index is -3.05. The van der Waals surface area contributed by atoms with Gasteiger partial charge in [0.1, 0.15) is 5.58 Å². The van der Waals surface area contributed by atoms with Crippen LogP contribution in [0.2, 0.25) is 0 Å². The highest BCUT2D eigenvalue weighted by Crippen LogP contribution is 2.32. The third-order valence-electron chi connectivity index (χ3n) is 5.34. The van der Waals surface area contributed by atoms with E-state index in [4.69, 9.17) is 4.42 Å². The number of hydrogen-bond acceptors (Lipinski definition) is 4. The lowest BCUT2D eigenvalue weighted by molar-refractivity contribution is 0.0663. The second-order valence-corrected chi connectivity index (χ2v) is 9.60. The number of nitrogens with zero attached hydrogens (tertiary/aromatic N) is 1. The number of aryl methyl sites for hydroxylation is 3. The average Bonchev–Trinajstić information content (AvgIpc) is 3.12. The predicted molar refractivity (Wildman–Crippen MR) is 103 cm³/mol. The molecule has 2 heterocycles. The Balaban J connectivity index is 2.02. The van der Waals surface area contributed by atoms with Gasteiger partial charge in [0.2, 0.25) is 0 Å². The Morgan fingerprint density at radius 2 is 1.92 bits per heavy atom. The van der Waals surface area contributed by atoms with Crippen molar-refractivity contribution >= 4 is 26.7 Å². The molecule has 0 saturated carbocycles. The van der Waals surface area contributed by atoms with Crippen molar-refractivity contribution < 1.29 is 17.6 Å². The van der Waals surface area contributed by atoms with Gasteiger partial charge in [-0.25, -0.2) is 8.42 Å². The third kappa shape index (κ3) is 3.39. The first kappa shape index (κ1) is 19.0. The van der Waals surface area contributed by atoms with Gasteiger partial charge in [-0.05, 0) is 44.7 Å². The fourth-order valence-corrected chi connectivity index (χ4v) is 5.54. The summed E-state index contributed by atoms with van der Waals surface area (Å²) in [6.07, 6.45) is 2.30. The van der Waals surface area contributed by atoms with Crippen LogP contribution in [0, 0.1) is 20.8 Å². The van der Waals surface area contributed by atoms with Crippen LogP contribution in [0.5, 0.6) is 0 Å². The summed E-state index contributed by atoms with van der Waals surface area (Å²) in [7, 11) is -3.05. The number of fused-ring (bicyclic) bond motifs is 1. The highest BCUT2D eigenvalue weighted by molar-refractivity contribution is 7.91. The lowest BCUT2D eigenvalue weighted by Gasteiger charge is -2.27. The van der Waals surface area contributed by atoms with E-state index in [1.165, 1.54) is 0 Å². The normalized spacial score (nSPS) is 19.2. The molecule has 1 aliphatic heterocycles. The maximum absolute atomic E-state index is 13.3. The van der Waals surface area contributed by atoms with Crippen molar-refractivity contribution in [3.05, 3.63) is 34.6 Å². The SMILES string of the molecule is CCCCN(C(=O)c1oc2c(C)ccc(C)c2c1C)C1CCS(=O)(=O)C1. The van der Waals surface area contributed by atoms with Gasteiger partial charge in [0.05, 0.1) is 11.5 Å². The predicted octanol–water partition coefficient (Wildman–Crippen LogP) is 3.79. The Hall–Kier alpha value is -1.82. The van der Waals surface area contributed by atoms with Crippen molar-refractivity contribution in [1.29, 1.82) is 0 Å². The van der Waals surface area contributed by atoms with Crippen LogP contribution in [-0.4, -0.2) is 43.3 Å². The number of furan rings is 1. The summed E-state index contributed by atoms with van der Waals surface area (Å²) in [5.41, 5.74) is 3.67. The topological polar surface area (TPSA) is 67.6 Å². The van der Waals surface area contributed by atoms with Crippen molar-refractivity contribution in [2.75, 3.05) is 18.1 Å². The fourth-order valence-electron chi connectivity index (χ4n) is 3.81. The number of amides is 1. The van der Waals surface area contributed by atoms with Gasteiger partial charge >= 0.3 is 0 Å². The summed E-state index contributed by atoms with van der Waals surface area (Å²) in [6.45, 7) is 8.51. The minimum absolute atomic E-state index is 0.0553. The molecule has 0 bridgehead atoms. The highest BCUT2D eigenvalue weighted by atomic mass is 32.2. The van der Waals surface area contributed by atoms with E-state index in [2.05, 4.69) is 6.92 Å². The van der Waals surface area contributed by atoms with Crippen LogP contribution in [0.25, 0.3) is 11.0 Å². The Kier molecular flexibility index (Phi) is 5.15. The van der Waals surface area contributed by atoms with Crippen molar-refractivity contribution in [3.8, 4) is 0 Å². The van der Waals surface area contributed by atoms with Crippen LogP contribution in [0.4, 0.5) is 0 Å². The zero-order valence-electron chi connectivity index (χ0n) is 16.0. The number of rotatable bonds is 5. The molecule has 1 saturated heterocycles. The number of carbonyl (C=O) groups excluding carboxylic acids is 1. The van der Waals surface area contributed by atoms with E-state index in [0.717, 1.165) is 40.5 Å². The summed E-state index contributed by atoms with van der Waals surface area (Å²) in [5.74, 6) is 0.371. The molecule has 1 aromatic heterocycles. The molecule has 26 heavy (non-hydrogen) atoms. The molecule has 0 aliphatic carbocycles. The maximum Gasteiger partial charge on any atom is 0.290 e. The summed E-state index contributed by atoms with van der Waals surface area (Å²) in [4.78, 5) is 15.0. The van der Waals surface area contributed by atoms with Gasteiger partial charge in [-0.1, -0.05) is 25.5 Å². The monoisotopic (exact) mass is 377 g/mol. The first-order valence-electron chi connectivity index (χ1n) is 9.26. The molecule has 5 nitrogen and oxygen atoms in total. The van der Waals surface area contributed by atoms with Crippen LogP contribution in [0.15, 0.2) is 16.5 Å². The van der Waals surface area contributed by atoms with E-state index < -0.39 is 9.84 Å². The lowest BCUT2D eigenvalue weighted by Crippen LogP contribution is -2.41. The van der Waals surface area contributed by atoms with Gasteiger partial charge in [0.15, 0.2) is 15.6 Å². The van der Waals surface area contributed by atoms with Crippen LogP contribution in [0.3, 0.4) is 0 Å². The number of carbonyl (C=O) groups is 1. The standard InChI is InChI=1S/C20H27NO4S/c1-5-6-10-21(16-9-11-26(23,24)12-16)20(22)19-15(4)17-13(2)7-8-14(3)18(17)25-19/h7-8,16H,5-6,9-12H2,1-4H3. The van der Waals surface area contributed by atoms with Crippen molar-refractivity contribution in [2.24, 2.45) is 0 Å². The number of hydrogen-bond donors (Lipinski definition) is 0. The Morgan fingerprint density at radius 1 is 1.23 bits per heavy atom. The summed E-state index contributed by atoms with van der Waals surface area (Å²) in [6, 6.07) is 3.77. The molecule has 1 fully saturated rings. The van der Waals surface area contributed by atoms with Gasteiger partial charge in [-0.2, -0.15) is 0 Å². The Morgan fingerprint density at radius 3 is 2.50 bits per heavy atom. The van der Waals surface area contributed by atoms with Crippen molar-refractivity contribution in [3.63, 3.8) is 0 Å². The molecular weight excluding hydrogens is 350 g/mol. The van der Waals surface area contributed by atoms with E-state index >= 15 is 0 Å². The van der Waals surface area contributed by atoms with Gasteiger partial charge < -0.3 is 9.32 Å². The maximum atomic E-state index is 13.3. The summed E-state index contributed by atoms with van der Waals surface area (Å²) >= 11 is 0. The lowest BCUT2D eigenvalue weighted by atomic mass is 10.0. The summed E-state index contributed by atoms with van der Waals surface area (Å²) in [5, 5.41) is 0.989. The van der Waals surface area contributed by atoms with E-state index in [9.17, 15) is 13.2 Å². The molecule has 142 valence electrons. The van der Waals surface area contributed by atoms with Crippen molar-refractivity contribution in [2.45, 2.75) is 53.0 Å². The molecule has 3 rings (SSSR count). The van der Waals surface area contributed by atoms with Gasteiger partial charge in [-0.15, -0.1) is 0 Å². The fraction of sp³-hybridized carbons (Fsp3) is 0.550. The summed E-state index contributed by atoms with van der Waals surface area (Å²) < 4.78 is 29.8. The third-order valence-corrected chi connectivity index (χ3v) is 7.09. The minimum Gasteiger partial charge on any atom is -0.450 e. The first-order chi connectivity index (χ1) is 12.2. The van der Waals surface area contributed by atoms with E-state index in [1.807, 2.05) is 32.9 Å². The Labute approximate surface area is 155 Å². The number of unbranched alkanes of at least 4 members (excludes halogenated alkanes) is 1. The van der Waals surface area contributed by atoms with Crippen LogP contribution in [0.1, 0.15) is 53.4 Å². The van der Waals surface area contributed by atoms with Gasteiger partial charge in [-0.3, -0.25) is 4.79 Å². The quantitative estimate of drug-likeness (QED) is 0.795. The molecule has 1 aliphatic rings. The molecule has 6 heteroatoms. The molecule has 1 aromatic carbocycles. The largest absolute Gasteiger partial charge is 0.450 e. The van der Waals surface area contributed by atoms with E-state index in [0.29, 0.717) is 18.7 Å². The van der Waals surface area contributed by atoms with Gasteiger partial charge in [0, 0.05) is 23.5 Å². The molecule has 0 radical (unpaired) electrons. The second-order valence-electron chi connectivity index (χ2n) is 7.37. The zero-order chi connectivity index (χ0) is 19.1. The molecule has 1 amide bonds. The molecule has 0 spiro atoms. The van der Waals surface area contributed by atoms with Crippen LogP contribution >= 0.6 is 0 Å². The average molecular weight is 378 g/mol. The van der Waals surface area contributed by atoms with Crippen LogP contribution < -0.4 is 0 Å². The van der Waals surface area contributed by atoms with Crippen LogP contribution in [-0.2, 0) is 9.84 Å². The molecule has 1 unspecified atom stereocenters. The number of sulfone groups is 1. The van der Waals surface area contributed by atoms with Crippen molar-refractivity contribution in [1.82, 2.24) is 4.90 Å². The highest BCUT2D eigenvalue weighted by Gasteiger charge is 2.36. The molecule has 0 N–H and O–H groups in total.